The SMILES string of the molecule is Cc1cc(C)cc(OC(=O)N(C)c2ccnc(Nc3ccc(OCCCN4CCN(C)CC4)c(F)c3)n2)c1. The fourth-order valence-corrected chi connectivity index (χ4v) is 4.22. The van der Waals surface area contributed by atoms with E-state index in [9.17, 15) is 9.18 Å². The molecule has 0 aliphatic carbocycles. The molecule has 2 aromatic carbocycles. The second-order valence-electron chi connectivity index (χ2n) is 9.61. The van der Waals surface area contributed by atoms with Crippen LogP contribution in [0.15, 0.2) is 48.7 Å². The summed E-state index contributed by atoms with van der Waals surface area (Å²) in [5, 5.41) is 2.98. The van der Waals surface area contributed by atoms with Crippen LogP contribution in [0.25, 0.3) is 0 Å². The summed E-state index contributed by atoms with van der Waals surface area (Å²) in [5.74, 6) is 0.743. The van der Waals surface area contributed by atoms with Gasteiger partial charge in [-0.15, -0.1) is 0 Å². The fraction of sp³-hybridized carbons (Fsp3) is 0.393. The third-order valence-corrected chi connectivity index (χ3v) is 6.32. The molecule has 202 valence electrons. The Labute approximate surface area is 223 Å². The van der Waals surface area contributed by atoms with Gasteiger partial charge in [0, 0.05) is 57.7 Å². The summed E-state index contributed by atoms with van der Waals surface area (Å²) in [6.07, 6.45) is 1.77. The first-order chi connectivity index (χ1) is 18.3. The lowest BCUT2D eigenvalue weighted by atomic mass is 10.1. The van der Waals surface area contributed by atoms with Gasteiger partial charge in [-0.05, 0) is 68.8 Å². The van der Waals surface area contributed by atoms with Gasteiger partial charge >= 0.3 is 6.09 Å². The molecular formula is C28H35FN6O3. The normalized spacial score (nSPS) is 14.2. The smallest absolute Gasteiger partial charge is 0.420 e. The zero-order valence-corrected chi connectivity index (χ0v) is 22.4. The summed E-state index contributed by atoms with van der Waals surface area (Å²) in [7, 11) is 3.69. The van der Waals surface area contributed by atoms with Crippen molar-refractivity contribution < 1.29 is 18.7 Å². The highest BCUT2D eigenvalue weighted by atomic mass is 19.1. The predicted molar refractivity (Wildman–Crippen MR) is 146 cm³/mol. The first kappa shape index (κ1) is 27.3. The van der Waals surface area contributed by atoms with Crippen LogP contribution in [-0.2, 0) is 0 Å². The molecule has 4 rings (SSSR count). The number of nitrogens with zero attached hydrogens (tertiary/aromatic N) is 5. The number of aromatic nitrogens is 2. The molecule has 3 aromatic rings. The molecule has 0 radical (unpaired) electrons. The maximum atomic E-state index is 14.7. The minimum Gasteiger partial charge on any atom is -0.490 e. The second-order valence-corrected chi connectivity index (χ2v) is 9.61. The number of aryl methyl sites for hydroxylation is 2. The number of nitrogens with one attached hydrogen (secondary N) is 1. The lowest BCUT2D eigenvalue weighted by molar-refractivity contribution is 0.145. The number of halogens is 1. The standard InChI is InChI=1S/C28H35FN6O3/c1-20-16-21(2)18-23(17-20)38-28(36)34(4)26-8-9-30-27(32-26)31-22-6-7-25(24(29)19-22)37-15-5-10-35-13-11-33(3)12-14-35/h6-9,16-19H,5,10-15H2,1-4H3,(H,30,31,32). The zero-order valence-electron chi connectivity index (χ0n) is 22.4. The van der Waals surface area contributed by atoms with Crippen molar-refractivity contribution in [1.82, 2.24) is 19.8 Å². The minimum absolute atomic E-state index is 0.206. The Bertz CT molecular complexity index is 1230. The van der Waals surface area contributed by atoms with Crippen molar-refractivity contribution in [1.29, 1.82) is 0 Å². The molecule has 10 heteroatoms. The van der Waals surface area contributed by atoms with E-state index in [1.165, 1.54) is 17.2 Å². The Morgan fingerprint density at radius 1 is 1.08 bits per heavy atom. The monoisotopic (exact) mass is 522 g/mol. The van der Waals surface area contributed by atoms with Crippen LogP contribution in [-0.4, -0.2) is 79.3 Å². The van der Waals surface area contributed by atoms with Gasteiger partial charge in [0.25, 0.3) is 0 Å². The Hall–Kier alpha value is -3.76. The van der Waals surface area contributed by atoms with Crippen molar-refractivity contribution in [2.75, 3.05) is 63.6 Å². The van der Waals surface area contributed by atoms with E-state index >= 15 is 0 Å². The topological polar surface area (TPSA) is 83.1 Å². The van der Waals surface area contributed by atoms with Crippen molar-refractivity contribution in [2.45, 2.75) is 20.3 Å². The Kier molecular flexibility index (Phi) is 9.09. The first-order valence-electron chi connectivity index (χ1n) is 12.7. The molecule has 2 heterocycles. The molecule has 1 N–H and O–H groups in total. The summed E-state index contributed by atoms with van der Waals surface area (Å²) >= 11 is 0. The molecule has 1 saturated heterocycles. The quantitative estimate of drug-likeness (QED) is 0.408. The number of carbonyl (C=O) groups is 1. The molecule has 0 atom stereocenters. The first-order valence-corrected chi connectivity index (χ1v) is 12.7. The van der Waals surface area contributed by atoms with E-state index in [-0.39, 0.29) is 11.7 Å². The number of likely N-dealkylation sites (N-methyl/N-ethyl adjacent to an activating group) is 1. The average Bonchev–Trinajstić information content (AvgIpc) is 2.88. The Morgan fingerprint density at radius 2 is 1.82 bits per heavy atom. The number of anilines is 3. The number of piperazine rings is 1. The van der Waals surface area contributed by atoms with Gasteiger partial charge < -0.3 is 24.6 Å². The molecular weight excluding hydrogens is 487 g/mol. The van der Waals surface area contributed by atoms with Crippen molar-refractivity contribution in [3.63, 3.8) is 0 Å². The Morgan fingerprint density at radius 3 is 2.53 bits per heavy atom. The number of benzene rings is 2. The van der Waals surface area contributed by atoms with Crippen LogP contribution in [0, 0.1) is 19.7 Å². The van der Waals surface area contributed by atoms with Gasteiger partial charge in [-0.25, -0.2) is 14.2 Å². The highest BCUT2D eigenvalue weighted by Gasteiger charge is 2.17. The maximum absolute atomic E-state index is 14.7. The number of ether oxygens (including phenoxy) is 2. The van der Waals surface area contributed by atoms with E-state index in [2.05, 4.69) is 32.1 Å². The van der Waals surface area contributed by atoms with Gasteiger partial charge in [0.05, 0.1) is 6.61 Å². The third kappa shape index (κ3) is 7.62. The highest BCUT2D eigenvalue weighted by Crippen LogP contribution is 2.24. The van der Waals surface area contributed by atoms with Crippen LogP contribution < -0.4 is 19.7 Å². The number of hydrogen-bond donors (Lipinski definition) is 1. The lowest BCUT2D eigenvalue weighted by Gasteiger charge is -2.32. The van der Waals surface area contributed by atoms with Crippen molar-refractivity contribution >= 4 is 23.5 Å². The van der Waals surface area contributed by atoms with E-state index < -0.39 is 11.9 Å². The van der Waals surface area contributed by atoms with E-state index in [1.807, 2.05) is 19.9 Å². The van der Waals surface area contributed by atoms with Gasteiger partial charge in [0.2, 0.25) is 5.95 Å². The zero-order chi connectivity index (χ0) is 27.1. The van der Waals surface area contributed by atoms with Crippen molar-refractivity contribution in [3.8, 4) is 11.5 Å². The van der Waals surface area contributed by atoms with Gasteiger partial charge in [0.1, 0.15) is 11.6 Å². The van der Waals surface area contributed by atoms with Crippen LogP contribution in [0.5, 0.6) is 11.5 Å². The Balaban J connectivity index is 1.30. The van der Waals surface area contributed by atoms with E-state index in [0.717, 1.165) is 50.3 Å². The van der Waals surface area contributed by atoms with Gasteiger partial charge in [-0.3, -0.25) is 4.90 Å². The highest BCUT2D eigenvalue weighted by molar-refractivity contribution is 5.87. The molecule has 0 bridgehead atoms. The maximum Gasteiger partial charge on any atom is 0.420 e. The van der Waals surface area contributed by atoms with Gasteiger partial charge in [0.15, 0.2) is 11.6 Å². The summed E-state index contributed by atoms with van der Waals surface area (Å²) in [6, 6.07) is 11.8. The van der Waals surface area contributed by atoms with E-state index in [1.54, 1.807) is 37.4 Å². The third-order valence-electron chi connectivity index (χ3n) is 6.32. The molecule has 0 spiro atoms. The van der Waals surface area contributed by atoms with Gasteiger partial charge in [-0.1, -0.05) is 6.07 Å². The molecule has 9 nitrogen and oxygen atoms in total. The van der Waals surface area contributed by atoms with E-state index in [0.29, 0.717) is 23.9 Å². The largest absolute Gasteiger partial charge is 0.490 e. The van der Waals surface area contributed by atoms with Crippen LogP contribution in [0.2, 0.25) is 0 Å². The lowest BCUT2D eigenvalue weighted by Crippen LogP contribution is -2.44. The van der Waals surface area contributed by atoms with Crippen LogP contribution >= 0.6 is 0 Å². The van der Waals surface area contributed by atoms with Crippen LogP contribution in [0.1, 0.15) is 17.5 Å². The van der Waals surface area contributed by atoms with Crippen LogP contribution in [0.4, 0.5) is 26.6 Å². The molecule has 1 fully saturated rings. The molecule has 1 amide bonds. The number of rotatable bonds is 9. The van der Waals surface area contributed by atoms with Gasteiger partial charge in [-0.2, -0.15) is 4.98 Å². The molecule has 1 aromatic heterocycles. The number of hydrogen-bond acceptors (Lipinski definition) is 8. The predicted octanol–water partition coefficient (Wildman–Crippen LogP) is 4.63. The number of amides is 1. The fourth-order valence-electron chi connectivity index (χ4n) is 4.22. The molecule has 1 aliphatic heterocycles. The molecule has 0 saturated carbocycles. The summed E-state index contributed by atoms with van der Waals surface area (Å²) in [6.45, 7) is 9.52. The minimum atomic E-state index is -0.584. The summed E-state index contributed by atoms with van der Waals surface area (Å²) < 4.78 is 25.8. The average molecular weight is 523 g/mol. The molecule has 0 unspecified atom stereocenters. The number of carbonyl (C=O) groups excluding carboxylic acids is 1. The molecule has 38 heavy (non-hydrogen) atoms. The van der Waals surface area contributed by atoms with Crippen molar-refractivity contribution in [2.24, 2.45) is 0 Å². The van der Waals surface area contributed by atoms with Crippen LogP contribution in [0.3, 0.4) is 0 Å². The molecule has 1 aliphatic rings. The second kappa shape index (κ2) is 12.7. The van der Waals surface area contributed by atoms with E-state index in [4.69, 9.17) is 9.47 Å². The van der Waals surface area contributed by atoms with Crippen molar-refractivity contribution in [3.05, 3.63) is 65.6 Å². The summed E-state index contributed by atoms with van der Waals surface area (Å²) in [4.78, 5) is 27.2. The summed E-state index contributed by atoms with van der Waals surface area (Å²) in [5.41, 5.74) is 2.46.